The van der Waals surface area contributed by atoms with Crippen LogP contribution < -0.4 is 0 Å². The smallest absolute Gasteiger partial charge is 0.227 e. The highest BCUT2D eigenvalue weighted by atomic mass is 16.4. The third kappa shape index (κ3) is 5.35. The minimum atomic E-state index is 0.504. The zero-order valence-corrected chi connectivity index (χ0v) is 27.5. The molecule has 0 aliphatic rings. The minimum absolute atomic E-state index is 0.504. The average Bonchev–Trinajstić information content (AvgIpc) is 3.85. The van der Waals surface area contributed by atoms with Crippen molar-refractivity contribution in [1.82, 2.24) is 29.9 Å². The maximum Gasteiger partial charge on any atom is 0.227 e. The number of oxazole rings is 2. The number of hydrogen-bond donors (Lipinski definition) is 0. The SMILES string of the molecule is c1ccc(-c2nc3ccc(-c4nc(-c5ccc(-c6cccnc6)cc5)nc(-c5ccc6nc(-c7cccc8ccccc78)oc6c5)n4)cc3o2)cc1. The van der Waals surface area contributed by atoms with Crippen LogP contribution in [0.25, 0.3) is 101 Å². The van der Waals surface area contributed by atoms with Gasteiger partial charge in [0.1, 0.15) is 11.0 Å². The molecular weight excluding hydrogens is 645 g/mol. The average molecular weight is 671 g/mol. The lowest BCUT2D eigenvalue weighted by molar-refractivity contribution is 0.620. The van der Waals surface area contributed by atoms with Crippen LogP contribution in [0.1, 0.15) is 0 Å². The fraction of sp³-hybridized carbons (Fsp3) is 0. The first-order chi connectivity index (χ1) is 25.7. The second-order valence-corrected chi connectivity index (χ2v) is 12.4. The second-order valence-electron chi connectivity index (χ2n) is 12.4. The van der Waals surface area contributed by atoms with E-state index in [-0.39, 0.29) is 0 Å². The first-order valence-corrected chi connectivity index (χ1v) is 16.8. The number of pyridine rings is 1. The van der Waals surface area contributed by atoms with Crippen molar-refractivity contribution in [3.63, 3.8) is 0 Å². The molecule has 0 spiro atoms. The van der Waals surface area contributed by atoms with Crippen LogP contribution in [0.4, 0.5) is 0 Å². The van der Waals surface area contributed by atoms with Crippen molar-refractivity contribution in [3.8, 4) is 68.2 Å². The third-order valence-electron chi connectivity index (χ3n) is 9.11. The molecule has 4 heterocycles. The summed E-state index contributed by atoms with van der Waals surface area (Å²) in [4.78, 5) is 28.8. The van der Waals surface area contributed by atoms with Crippen LogP contribution in [0.5, 0.6) is 0 Å². The molecule has 0 aliphatic heterocycles. The highest BCUT2D eigenvalue weighted by Crippen LogP contribution is 2.34. The van der Waals surface area contributed by atoms with Crippen LogP contribution in [-0.2, 0) is 0 Å². The van der Waals surface area contributed by atoms with Crippen molar-refractivity contribution in [2.24, 2.45) is 0 Å². The van der Waals surface area contributed by atoms with Gasteiger partial charge in [-0.3, -0.25) is 4.98 Å². The summed E-state index contributed by atoms with van der Waals surface area (Å²) in [6.07, 6.45) is 3.62. The van der Waals surface area contributed by atoms with Crippen LogP contribution in [-0.4, -0.2) is 29.9 Å². The summed E-state index contributed by atoms with van der Waals surface area (Å²) in [6.45, 7) is 0. The van der Waals surface area contributed by atoms with Crippen LogP contribution >= 0.6 is 0 Å². The molecule has 10 rings (SSSR count). The Bertz CT molecular complexity index is 2900. The molecule has 0 amide bonds. The highest BCUT2D eigenvalue weighted by molar-refractivity contribution is 5.96. The number of benzene rings is 6. The van der Waals surface area contributed by atoms with Crippen molar-refractivity contribution in [3.05, 3.63) is 158 Å². The Morgan fingerprint density at radius 1 is 0.385 bits per heavy atom. The largest absolute Gasteiger partial charge is 0.436 e. The molecule has 0 fully saturated rings. The van der Waals surface area contributed by atoms with E-state index >= 15 is 0 Å². The molecule has 0 saturated heterocycles. The molecule has 6 aromatic carbocycles. The lowest BCUT2D eigenvalue weighted by Gasteiger charge is -2.09. The van der Waals surface area contributed by atoms with Gasteiger partial charge in [-0.1, -0.05) is 84.9 Å². The van der Waals surface area contributed by atoms with E-state index in [1.807, 2.05) is 121 Å². The number of hydrogen-bond acceptors (Lipinski definition) is 8. The molecule has 0 saturated carbocycles. The molecule has 244 valence electrons. The number of fused-ring (bicyclic) bond motifs is 3. The van der Waals surface area contributed by atoms with E-state index in [2.05, 4.69) is 35.3 Å². The van der Waals surface area contributed by atoms with Gasteiger partial charge in [0, 0.05) is 40.2 Å². The van der Waals surface area contributed by atoms with Crippen molar-refractivity contribution >= 4 is 33.0 Å². The lowest BCUT2D eigenvalue weighted by atomic mass is 10.0. The van der Waals surface area contributed by atoms with Crippen LogP contribution in [0.15, 0.2) is 167 Å². The Balaban J connectivity index is 1.09. The minimum Gasteiger partial charge on any atom is -0.436 e. The van der Waals surface area contributed by atoms with Gasteiger partial charge in [0.25, 0.3) is 0 Å². The fourth-order valence-electron chi connectivity index (χ4n) is 6.47. The van der Waals surface area contributed by atoms with Crippen LogP contribution in [0.3, 0.4) is 0 Å². The monoisotopic (exact) mass is 670 g/mol. The number of nitrogens with zero attached hydrogens (tertiary/aromatic N) is 6. The third-order valence-corrected chi connectivity index (χ3v) is 9.11. The van der Waals surface area contributed by atoms with Gasteiger partial charge in [-0.15, -0.1) is 0 Å². The maximum atomic E-state index is 6.39. The van der Waals surface area contributed by atoms with Gasteiger partial charge < -0.3 is 8.83 Å². The van der Waals surface area contributed by atoms with E-state index < -0.39 is 0 Å². The molecule has 4 aromatic heterocycles. The van der Waals surface area contributed by atoms with Crippen LogP contribution in [0.2, 0.25) is 0 Å². The van der Waals surface area contributed by atoms with E-state index in [0.29, 0.717) is 40.4 Å². The van der Waals surface area contributed by atoms with Crippen molar-refractivity contribution in [1.29, 1.82) is 0 Å². The van der Waals surface area contributed by atoms with Crippen molar-refractivity contribution < 1.29 is 8.83 Å². The lowest BCUT2D eigenvalue weighted by Crippen LogP contribution is -2.00. The van der Waals surface area contributed by atoms with E-state index in [9.17, 15) is 0 Å². The molecule has 0 atom stereocenters. The second kappa shape index (κ2) is 12.2. The Labute approximate surface area is 297 Å². The van der Waals surface area contributed by atoms with Gasteiger partial charge in [0.05, 0.1) is 0 Å². The van der Waals surface area contributed by atoms with Gasteiger partial charge in [-0.25, -0.2) is 24.9 Å². The van der Waals surface area contributed by atoms with Crippen LogP contribution in [0, 0.1) is 0 Å². The molecule has 8 heteroatoms. The maximum absolute atomic E-state index is 6.39. The molecule has 0 N–H and O–H groups in total. The van der Waals surface area contributed by atoms with Gasteiger partial charge in [-0.2, -0.15) is 0 Å². The molecule has 0 bridgehead atoms. The van der Waals surface area contributed by atoms with Gasteiger partial charge >= 0.3 is 0 Å². The topological polar surface area (TPSA) is 104 Å². The fourth-order valence-corrected chi connectivity index (χ4v) is 6.47. The predicted octanol–water partition coefficient (Wildman–Crippen LogP) is 10.7. The summed E-state index contributed by atoms with van der Waals surface area (Å²) < 4.78 is 12.6. The predicted molar refractivity (Wildman–Crippen MR) is 203 cm³/mol. The Kier molecular flexibility index (Phi) is 6.95. The van der Waals surface area contributed by atoms with E-state index in [4.69, 9.17) is 33.8 Å². The van der Waals surface area contributed by atoms with Crippen molar-refractivity contribution in [2.75, 3.05) is 0 Å². The summed E-state index contributed by atoms with van der Waals surface area (Å²) in [5.74, 6) is 2.66. The molecule has 52 heavy (non-hydrogen) atoms. The zero-order chi connectivity index (χ0) is 34.4. The Morgan fingerprint density at radius 3 is 1.67 bits per heavy atom. The normalized spacial score (nSPS) is 11.5. The number of rotatable bonds is 6. The Hall–Kier alpha value is -7.32. The quantitative estimate of drug-likeness (QED) is 0.172. The first-order valence-electron chi connectivity index (χ1n) is 16.8. The highest BCUT2D eigenvalue weighted by Gasteiger charge is 2.17. The van der Waals surface area contributed by atoms with Gasteiger partial charge in [0.15, 0.2) is 28.6 Å². The summed E-state index contributed by atoms with van der Waals surface area (Å²) >= 11 is 0. The van der Waals surface area contributed by atoms with Gasteiger partial charge in [0.2, 0.25) is 11.8 Å². The molecular formula is C44H26N6O2. The summed E-state index contributed by atoms with van der Waals surface area (Å²) in [5, 5.41) is 2.21. The van der Waals surface area contributed by atoms with E-state index in [0.717, 1.165) is 60.8 Å². The summed E-state index contributed by atoms with van der Waals surface area (Å²) in [7, 11) is 0. The standard InChI is InChI=1S/C44H26N6O2/c1-2-9-30(10-3-1)43-46-36-21-19-31(24-38(36)51-43)41-48-40(29-17-15-27(16-18-29)33-12-7-23-45-26-33)49-42(50-41)32-20-22-37-39(25-32)52-44(47-37)35-14-6-11-28-8-4-5-13-34(28)35/h1-26H. The summed E-state index contributed by atoms with van der Waals surface area (Å²) in [6, 6.07) is 48.0. The number of aromatic nitrogens is 6. The Morgan fingerprint density at radius 2 is 0.962 bits per heavy atom. The molecule has 0 aliphatic carbocycles. The molecule has 0 radical (unpaired) electrons. The molecule has 0 unspecified atom stereocenters. The first kappa shape index (κ1) is 29.6. The van der Waals surface area contributed by atoms with Gasteiger partial charge in [-0.05, 0) is 82.6 Å². The molecule has 10 aromatic rings. The molecule has 8 nitrogen and oxygen atoms in total. The summed E-state index contributed by atoms with van der Waals surface area (Å²) in [5.41, 5.74) is 9.11. The van der Waals surface area contributed by atoms with E-state index in [1.54, 1.807) is 6.20 Å². The zero-order valence-electron chi connectivity index (χ0n) is 27.5. The van der Waals surface area contributed by atoms with E-state index in [1.165, 1.54) is 0 Å². The van der Waals surface area contributed by atoms with Crippen molar-refractivity contribution in [2.45, 2.75) is 0 Å².